The third-order valence-electron chi connectivity index (χ3n) is 5.38. The van der Waals surface area contributed by atoms with Crippen molar-refractivity contribution in [2.75, 3.05) is 38.3 Å². The summed E-state index contributed by atoms with van der Waals surface area (Å²) in [6.07, 6.45) is 1.57. The van der Waals surface area contributed by atoms with E-state index >= 15 is 0 Å². The maximum atomic E-state index is 9.93. The smallest absolute Gasteiger partial charge is 0.163 e. The molecule has 1 unspecified atom stereocenters. The van der Waals surface area contributed by atoms with E-state index in [0.717, 1.165) is 41.1 Å². The van der Waals surface area contributed by atoms with E-state index in [1.807, 2.05) is 32.9 Å². The number of hydrogen-bond donors (Lipinski definition) is 1. The highest BCUT2D eigenvalue weighted by Crippen LogP contribution is 2.31. The van der Waals surface area contributed by atoms with Gasteiger partial charge in [0.2, 0.25) is 0 Å². The van der Waals surface area contributed by atoms with E-state index in [4.69, 9.17) is 29.2 Å². The van der Waals surface area contributed by atoms with Crippen LogP contribution >= 0.6 is 0 Å². The van der Waals surface area contributed by atoms with Crippen molar-refractivity contribution in [3.8, 4) is 17.1 Å². The van der Waals surface area contributed by atoms with Crippen LogP contribution in [0.5, 0.6) is 5.75 Å². The van der Waals surface area contributed by atoms with Crippen molar-refractivity contribution >= 4 is 16.9 Å². The maximum Gasteiger partial charge on any atom is 0.163 e. The molecule has 8 heteroatoms. The summed E-state index contributed by atoms with van der Waals surface area (Å²) in [5.74, 6) is 0.759. The lowest BCUT2D eigenvalue weighted by molar-refractivity contribution is -0.221. The lowest BCUT2D eigenvalue weighted by Crippen LogP contribution is -2.37. The summed E-state index contributed by atoms with van der Waals surface area (Å²) >= 11 is 0. The van der Waals surface area contributed by atoms with Crippen molar-refractivity contribution in [3.63, 3.8) is 0 Å². The molecule has 0 saturated carbocycles. The van der Waals surface area contributed by atoms with Crippen LogP contribution in [0, 0.1) is 0 Å². The van der Waals surface area contributed by atoms with E-state index in [0.29, 0.717) is 19.0 Å². The normalized spacial score (nSPS) is 15.9. The minimum Gasteiger partial charge on any atom is -0.508 e. The summed E-state index contributed by atoms with van der Waals surface area (Å²) < 4.78 is 16.9. The Bertz CT molecular complexity index is 1070. The van der Waals surface area contributed by atoms with Gasteiger partial charge >= 0.3 is 0 Å². The fraction of sp³-hybridized carbons (Fsp3) is 0.435. The number of fused-ring (bicyclic) bond motifs is 1. The van der Waals surface area contributed by atoms with Gasteiger partial charge in [-0.25, -0.2) is 9.97 Å². The van der Waals surface area contributed by atoms with Crippen LogP contribution in [0.4, 0.5) is 5.82 Å². The summed E-state index contributed by atoms with van der Waals surface area (Å²) in [4.78, 5) is 16.5. The quantitative estimate of drug-likeness (QED) is 0.599. The van der Waals surface area contributed by atoms with Crippen LogP contribution < -0.4 is 4.90 Å². The topological polar surface area (TPSA) is 89.8 Å². The molecule has 1 N–H and O–H groups in total. The summed E-state index contributed by atoms with van der Waals surface area (Å²) in [7, 11) is 1.62. The Morgan fingerprint density at radius 2 is 1.94 bits per heavy atom. The molecular weight excluding hydrogens is 396 g/mol. The number of anilines is 1. The van der Waals surface area contributed by atoms with E-state index in [9.17, 15) is 5.11 Å². The van der Waals surface area contributed by atoms with Gasteiger partial charge < -0.3 is 24.2 Å². The van der Waals surface area contributed by atoms with E-state index in [1.54, 1.807) is 31.5 Å². The van der Waals surface area contributed by atoms with Gasteiger partial charge in [0.25, 0.3) is 0 Å². The Morgan fingerprint density at radius 1 is 1.16 bits per heavy atom. The molecular formula is C23H28N4O4. The Morgan fingerprint density at radius 3 is 2.65 bits per heavy atom. The van der Waals surface area contributed by atoms with Crippen LogP contribution in [0.25, 0.3) is 22.4 Å². The first-order valence-corrected chi connectivity index (χ1v) is 10.4. The second-order valence-corrected chi connectivity index (χ2v) is 8.02. The molecule has 3 aromatic rings. The Kier molecular flexibility index (Phi) is 6.04. The minimum absolute atomic E-state index is 0.171. The molecule has 4 rings (SSSR count). The van der Waals surface area contributed by atoms with Crippen molar-refractivity contribution in [1.82, 2.24) is 15.0 Å². The summed E-state index contributed by atoms with van der Waals surface area (Å²) in [5.41, 5.74) is 3.09. The highest BCUT2D eigenvalue weighted by molar-refractivity contribution is 5.88. The van der Waals surface area contributed by atoms with Crippen molar-refractivity contribution in [3.05, 3.63) is 42.1 Å². The van der Waals surface area contributed by atoms with Gasteiger partial charge in [-0.1, -0.05) is 12.1 Å². The zero-order valence-electron chi connectivity index (χ0n) is 18.3. The minimum atomic E-state index is -0.717. The van der Waals surface area contributed by atoms with Crippen LogP contribution in [0.2, 0.25) is 0 Å². The van der Waals surface area contributed by atoms with Crippen LogP contribution in [-0.4, -0.2) is 59.3 Å². The monoisotopic (exact) mass is 424 g/mol. The van der Waals surface area contributed by atoms with Gasteiger partial charge in [-0.05, 0) is 39.0 Å². The van der Waals surface area contributed by atoms with Crippen molar-refractivity contribution in [1.29, 1.82) is 0 Å². The number of nitrogens with zero attached hydrogens (tertiary/aromatic N) is 4. The predicted octanol–water partition coefficient (Wildman–Crippen LogP) is 3.69. The average molecular weight is 425 g/mol. The first-order chi connectivity index (χ1) is 14.9. The molecule has 0 bridgehead atoms. The number of aromatic hydroxyl groups is 1. The Labute approximate surface area is 181 Å². The number of aromatic nitrogens is 3. The molecule has 0 amide bonds. The third-order valence-corrected chi connectivity index (χ3v) is 5.38. The second kappa shape index (κ2) is 8.74. The number of hydrogen-bond acceptors (Lipinski definition) is 8. The SMILES string of the molecule is COC(C)(C)OC(C)c1cnc2c(N3CCOCC3)nc(-c3cccc(O)c3)nc2c1. The number of methoxy groups -OCH3 is 1. The molecule has 164 valence electrons. The number of morpholine rings is 1. The van der Waals surface area contributed by atoms with E-state index in [1.165, 1.54) is 0 Å². The predicted molar refractivity (Wildman–Crippen MR) is 118 cm³/mol. The van der Waals surface area contributed by atoms with Gasteiger partial charge in [-0.3, -0.25) is 4.98 Å². The molecule has 1 fully saturated rings. The van der Waals surface area contributed by atoms with Gasteiger partial charge in [0, 0.05) is 37.5 Å². The summed E-state index contributed by atoms with van der Waals surface area (Å²) in [6.45, 7) is 8.45. The molecule has 1 aliphatic heterocycles. The van der Waals surface area contributed by atoms with Crippen molar-refractivity contribution in [2.45, 2.75) is 32.7 Å². The number of ether oxygens (including phenoxy) is 3. The molecule has 2 aromatic heterocycles. The van der Waals surface area contributed by atoms with E-state index in [2.05, 4.69) is 4.90 Å². The number of phenolic OH excluding ortho intramolecular Hbond substituents is 1. The van der Waals surface area contributed by atoms with Crippen LogP contribution in [0.15, 0.2) is 36.5 Å². The van der Waals surface area contributed by atoms with Crippen molar-refractivity contribution < 1.29 is 19.3 Å². The molecule has 0 aliphatic carbocycles. The zero-order chi connectivity index (χ0) is 22.0. The standard InChI is InChI=1S/C23H28N4O4/c1-15(31-23(2,3)29-4)17-13-19-20(24-14-17)22(27-8-10-30-11-9-27)26-21(25-19)16-6-5-7-18(28)12-16/h5-7,12-15,28H,8-11H2,1-4H3. The molecule has 8 nitrogen and oxygen atoms in total. The Hall–Kier alpha value is -2.81. The van der Waals surface area contributed by atoms with Crippen LogP contribution in [0.1, 0.15) is 32.4 Å². The first-order valence-electron chi connectivity index (χ1n) is 10.4. The number of rotatable bonds is 6. The highest BCUT2D eigenvalue weighted by atomic mass is 16.7. The number of pyridine rings is 1. The maximum absolute atomic E-state index is 9.93. The molecule has 0 radical (unpaired) electrons. The number of benzene rings is 1. The largest absolute Gasteiger partial charge is 0.508 e. The fourth-order valence-corrected chi connectivity index (χ4v) is 3.55. The molecule has 1 atom stereocenters. The third kappa shape index (κ3) is 4.76. The van der Waals surface area contributed by atoms with Gasteiger partial charge in [-0.15, -0.1) is 0 Å². The van der Waals surface area contributed by atoms with Crippen LogP contribution in [-0.2, 0) is 14.2 Å². The van der Waals surface area contributed by atoms with Gasteiger partial charge in [0.1, 0.15) is 11.3 Å². The van der Waals surface area contributed by atoms with Gasteiger partial charge in [-0.2, -0.15) is 0 Å². The summed E-state index contributed by atoms with van der Waals surface area (Å²) in [5, 5.41) is 9.93. The average Bonchev–Trinajstić information content (AvgIpc) is 2.78. The second-order valence-electron chi connectivity index (χ2n) is 8.02. The zero-order valence-corrected chi connectivity index (χ0v) is 18.3. The van der Waals surface area contributed by atoms with E-state index < -0.39 is 5.79 Å². The summed E-state index contributed by atoms with van der Waals surface area (Å²) in [6, 6.07) is 8.94. The van der Waals surface area contributed by atoms with Gasteiger partial charge in [0.15, 0.2) is 17.4 Å². The van der Waals surface area contributed by atoms with Crippen LogP contribution in [0.3, 0.4) is 0 Å². The lowest BCUT2D eigenvalue weighted by Gasteiger charge is -2.29. The first kappa shape index (κ1) is 21.4. The Balaban J connectivity index is 1.81. The molecule has 3 heterocycles. The molecule has 31 heavy (non-hydrogen) atoms. The lowest BCUT2D eigenvalue weighted by atomic mass is 10.1. The molecule has 1 saturated heterocycles. The van der Waals surface area contributed by atoms with Crippen molar-refractivity contribution in [2.24, 2.45) is 0 Å². The fourth-order valence-electron chi connectivity index (χ4n) is 3.55. The molecule has 1 aromatic carbocycles. The molecule has 1 aliphatic rings. The van der Waals surface area contributed by atoms with E-state index in [-0.39, 0.29) is 11.9 Å². The van der Waals surface area contributed by atoms with Gasteiger partial charge in [0.05, 0.1) is 24.8 Å². The highest BCUT2D eigenvalue weighted by Gasteiger charge is 2.24. The number of phenols is 1. The molecule has 0 spiro atoms.